The predicted molar refractivity (Wildman–Crippen MR) is 98.8 cm³/mol. The summed E-state index contributed by atoms with van der Waals surface area (Å²) >= 11 is 0. The monoisotopic (exact) mass is 489 g/mol. The lowest BCUT2D eigenvalue weighted by molar-refractivity contribution is -0.336. The molecule has 186 valence electrons. The fraction of sp³-hybridized carbons (Fsp3) is 0.875. The average molecular weight is 489 g/mol. The van der Waals surface area contributed by atoms with Crippen LogP contribution < -0.4 is 5.32 Å². The lowest BCUT2D eigenvalue weighted by Gasteiger charge is -2.47. The normalized spacial score (nSPS) is 40.6. The second kappa shape index (κ2) is 10.7. The molecule has 10 atom stereocenters. The molecular formula is C16H27NO14S. The van der Waals surface area contributed by atoms with E-state index in [1.807, 2.05) is 0 Å². The molecular weight excluding hydrogens is 462 g/mol. The number of carbonyl (C=O) groups is 2. The van der Waals surface area contributed by atoms with Crippen LogP contribution in [0.2, 0.25) is 0 Å². The molecule has 2 fully saturated rings. The second-order valence-electron chi connectivity index (χ2n) is 7.48. The zero-order valence-corrected chi connectivity index (χ0v) is 17.9. The molecule has 2 aliphatic rings. The van der Waals surface area contributed by atoms with Gasteiger partial charge in [0, 0.05) is 13.3 Å². The maximum absolute atomic E-state index is 11.6. The zero-order chi connectivity index (χ0) is 24.4. The van der Waals surface area contributed by atoms with Crippen LogP contribution in [0.3, 0.4) is 0 Å². The smallest absolute Gasteiger partial charge is 0.394 e. The van der Waals surface area contributed by atoms with E-state index in [2.05, 4.69) is 9.50 Å². The van der Waals surface area contributed by atoms with E-state index in [9.17, 15) is 43.5 Å². The maximum atomic E-state index is 11.6. The van der Waals surface area contributed by atoms with Crippen molar-refractivity contribution in [2.45, 2.75) is 81.6 Å². The molecule has 0 aromatic carbocycles. The van der Waals surface area contributed by atoms with Crippen molar-refractivity contribution in [2.75, 3.05) is 6.61 Å². The summed E-state index contributed by atoms with van der Waals surface area (Å²) in [6.45, 7) is 1.31. The van der Waals surface area contributed by atoms with Gasteiger partial charge >= 0.3 is 10.4 Å². The van der Waals surface area contributed by atoms with Gasteiger partial charge in [-0.15, -0.1) is 0 Å². The largest absolute Gasteiger partial charge is 0.397 e. The van der Waals surface area contributed by atoms with Gasteiger partial charge in [0.25, 0.3) is 0 Å². The summed E-state index contributed by atoms with van der Waals surface area (Å²) in [6, 6.07) is -1.56. The first kappa shape index (κ1) is 26.9. The van der Waals surface area contributed by atoms with Gasteiger partial charge in [-0.3, -0.25) is 14.1 Å². The van der Waals surface area contributed by atoms with Crippen LogP contribution in [-0.4, -0.2) is 118 Å². The van der Waals surface area contributed by atoms with E-state index in [0.29, 0.717) is 0 Å². The molecule has 0 aliphatic carbocycles. The summed E-state index contributed by atoms with van der Waals surface area (Å²) in [5.74, 6) is -1.16. The molecule has 2 rings (SSSR count). The Morgan fingerprint density at radius 2 is 1.59 bits per heavy atom. The van der Waals surface area contributed by atoms with Crippen molar-refractivity contribution >= 4 is 22.1 Å². The molecule has 0 saturated carbocycles. The quantitative estimate of drug-likeness (QED) is 0.159. The second-order valence-corrected chi connectivity index (χ2v) is 8.53. The molecule has 1 amide bonds. The van der Waals surface area contributed by atoms with Crippen molar-refractivity contribution in [3.63, 3.8) is 0 Å². The van der Waals surface area contributed by atoms with Crippen LogP contribution >= 0.6 is 0 Å². The number of rotatable bonds is 8. The average Bonchev–Trinajstić information content (AvgIpc) is 2.66. The molecule has 0 aromatic heterocycles. The Bertz CT molecular complexity index is 777. The van der Waals surface area contributed by atoms with Crippen LogP contribution in [0.15, 0.2) is 0 Å². The number of hydrogen-bond acceptors (Lipinski definition) is 13. The number of hydrogen-bond donors (Lipinski definition) is 7. The van der Waals surface area contributed by atoms with Crippen LogP contribution in [0.1, 0.15) is 20.3 Å². The predicted octanol–water partition coefficient (Wildman–Crippen LogP) is -4.44. The van der Waals surface area contributed by atoms with Crippen molar-refractivity contribution in [3.05, 3.63) is 0 Å². The van der Waals surface area contributed by atoms with Crippen LogP contribution in [0.4, 0.5) is 0 Å². The van der Waals surface area contributed by atoms with Crippen molar-refractivity contribution in [2.24, 2.45) is 0 Å². The lowest BCUT2D eigenvalue weighted by Crippen LogP contribution is -2.68. The fourth-order valence-corrected chi connectivity index (χ4v) is 4.02. The third kappa shape index (κ3) is 6.61. The number of aliphatic hydroxyl groups is 5. The van der Waals surface area contributed by atoms with Gasteiger partial charge in [-0.2, -0.15) is 8.42 Å². The van der Waals surface area contributed by atoms with Crippen LogP contribution in [-0.2, 0) is 38.4 Å². The Labute approximate surface area is 182 Å². The van der Waals surface area contributed by atoms with Crippen molar-refractivity contribution in [1.29, 1.82) is 0 Å². The van der Waals surface area contributed by atoms with Gasteiger partial charge in [-0.1, -0.05) is 0 Å². The highest BCUT2D eigenvalue weighted by atomic mass is 32.3. The molecule has 2 saturated heterocycles. The minimum Gasteiger partial charge on any atom is -0.394 e. The van der Waals surface area contributed by atoms with Gasteiger partial charge in [-0.25, -0.2) is 4.18 Å². The number of ether oxygens (including phenoxy) is 3. The van der Waals surface area contributed by atoms with Gasteiger partial charge in [0.05, 0.1) is 12.7 Å². The van der Waals surface area contributed by atoms with E-state index in [1.165, 1.54) is 6.92 Å². The Kier molecular flexibility index (Phi) is 9.05. The standard InChI is InChI=1S/C16H27NO14S/c1-5(19)3-7-10(21)11(22)12(23)16(29-7)30-14-9(17-6(2)20)15(24)28-8(4-18)13(14)31-32(25,26)27/h7-16,18,21-24H,3-4H2,1-2H3,(H,17,20)(H,25,26,27)/t7-,8-,9+,10+,11-,12-,13-,14+,15-,16+/m0/s1. The Balaban J connectivity index is 2.40. The van der Waals surface area contributed by atoms with Gasteiger partial charge < -0.3 is 45.1 Å². The molecule has 0 unspecified atom stereocenters. The van der Waals surface area contributed by atoms with Gasteiger partial charge in [-0.05, 0) is 6.92 Å². The molecule has 0 bridgehead atoms. The first-order valence-electron chi connectivity index (χ1n) is 9.47. The highest BCUT2D eigenvalue weighted by molar-refractivity contribution is 7.80. The van der Waals surface area contributed by atoms with Crippen LogP contribution in [0.5, 0.6) is 0 Å². The highest BCUT2D eigenvalue weighted by Crippen LogP contribution is 2.31. The zero-order valence-electron chi connectivity index (χ0n) is 17.0. The number of nitrogens with one attached hydrogen (secondary N) is 1. The van der Waals surface area contributed by atoms with E-state index in [4.69, 9.17) is 18.8 Å². The molecule has 2 heterocycles. The summed E-state index contributed by atoms with van der Waals surface area (Å²) in [5, 5.41) is 52.4. The SMILES string of the molecule is CC(=O)C[C@@H]1O[C@H](O[C@@H]2[C@@H](NC(C)=O)[C@@H](O)O[C@@H](CO)[C@@H]2OS(=O)(=O)O)[C@@H](O)[C@@H](O)[C@@H]1O. The summed E-state index contributed by atoms with van der Waals surface area (Å²) < 4.78 is 52.3. The number of aliphatic hydroxyl groups excluding tert-OH is 5. The maximum Gasteiger partial charge on any atom is 0.397 e. The third-order valence-electron chi connectivity index (χ3n) is 4.90. The van der Waals surface area contributed by atoms with E-state index >= 15 is 0 Å². The molecule has 16 heteroatoms. The van der Waals surface area contributed by atoms with Crippen molar-refractivity contribution < 1.29 is 66.5 Å². The van der Waals surface area contributed by atoms with Gasteiger partial charge in [0.15, 0.2) is 12.6 Å². The Hall–Kier alpha value is -1.31. The molecule has 15 nitrogen and oxygen atoms in total. The van der Waals surface area contributed by atoms with Crippen molar-refractivity contribution in [1.82, 2.24) is 5.32 Å². The van der Waals surface area contributed by atoms with Gasteiger partial charge in [0.1, 0.15) is 48.4 Å². The summed E-state index contributed by atoms with van der Waals surface area (Å²) in [6.07, 6.45) is -16.1. The molecule has 0 spiro atoms. The fourth-order valence-electron chi connectivity index (χ4n) is 3.51. The molecule has 0 aromatic rings. The van der Waals surface area contributed by atoms with E-state index in [-0.39, 0.29) is 6.42 Å². The Morgan fingerprint density at radius 3 is 2.09 bits per heavy atom. The topological polar surface area (TPSA) is 239 Å². The van der Waals surface area contributed by atoms with E-state index in [0.717, 1.165) is 6.92 Å². The molecule has 7 N–H and O–H groups in total. The van der Waals surface area contributed by atoms with E-state index < -0.39 is 90.0 Å². The van der Waals surface area contributed by atoms with Crippen LogP contribution in [0, 0.1) is 0 Å². The van der Waals surface area contributed by atoms with E-state index in [1.54, 1.807) is 0 Å². The number of amides is 1. The van der Waals surface area contributed by atoms with Crippen molar-refractivity contribution in [3.8, 4) is 0 Å². The molecule has 0 radical (unpaired) electrons. The Morgan fingerprint density at radius 1 is 0.969 bits per heavy atom. The minimum absolute atomic E-state index is 0.374. The number of carbonyl (C=O) groups excluding carboxylic acids is 2. The first-order valence-corrected chi connectivity index (χ1v) is 10.8. The number of Topliss-reactive ketones (excluding diaryl/α,β-unsaturated/α-hetero) is 1. The lowest BCUT2D eigenvalue weighted by atomic mass is 9.94. The summed E-state index contributed by atoms with van der Waals surface area (Å²) in [5.41, 5.74) is 0. The summed E-state index contributed by atoms with van der Waals surface area (Å²) in [7, 11) is -5.17. The molecule has 2 aliphatic heterocycles. The summed E-state index contributed by atoms with van der Waals surface area (Å²) in [4.78, 5) is 23.0. The van der Waals surface area contributed by atoms with Gasteiger partial charge in [0.2, 0.25) is 5.91 Å². The third-order valence-corrected chi connectivity index (χ3v) is 5.36. The first-order chi connectivity index (χ1) is 14.7. The molecule has 32 heavy (non-hydrogen) atoms. The minimum atomic E-state index is -5.17. The number of ketones is 1. The van der Waals surface area contributed by atoms with Crippen LogP contribution in [0.25, 0.3) is 0 Å². The highest BCUT2D eigenvalue weighted by Gasteiger charge is 2.53.